The average Bonchev–Trinajstić information content (AvgIpc) is 2.52. The van der Waals surface area contributed by atoms with Crippen LogP contribution in [-0.4, -0.2) is 11.7 Å². The molecule has 1 N–H and O–H groups in total. The van der Waals surface area contributed by atoms with Gasteiger partial charge < -0.3 is 5.32 Å². The van der Waals surface area contributed by atoms with Gasteiger partial charge in [-0.1, -0.05) is 48.9 Å². The molecule has 0 saturated carbocycles. The average molecular weight is 327 g/mol. The van der Waals surface area contributed by atoms with Gasteiger partial charge in [0.1, 0.15) is 0 Å². The van der Waals surface area contributed by atoms with Crippen molar-refractivity contribution >= 4 is 23.4 Å². The van der Waals surface area contributed by atoms with Gasteiger partial charge in [0, 0.05) is 11.4 Å². The first-order chi connectivity index (χ1) is 11.0. The topological polar surface area (TPSA) is 29.1 Å². The SMILES string of the molecule is CCc1cccc(C)c1NC(=O)CSCc1cc(C)ccc1C. The van der Waals surface area contributed by atoms with E-state index in [9.17, 15) is 4.79 Å². The smallest absolute Gasteiger partial charge is 0.234 e. The number of benzene rings is 2. The Hall–Kier alpha value is -1.74. The molecule has 0 radical (unpaired) electrons. The second-order valence-electron chi connectivity index (χ2n) is 5.93. The summed E-state index contributed by atoms with van der Waals surface area (Å²) >= 11 is 1.66. The zero-order valence-electron chi connectivity index (χ0n) is 14.4. The molecule has 0 bridgehead atoms. The van der Waals surface area contributed by atoms with E-state index in [-0.39, 0.29) is 5.91 Å². The van der Waals surface area contributed by atoms with Crippen molar-refractivity contribution in [1.82, 2.24) is 0 Å². The molecule has 2 aromatic carbocycles. The van der Waals surface area contributed by atoms with Crippen LogP contribution in [0.2, 0.25) is 0 Å². The Morgan fingerprint density at radius 2 is 1.83 bits per heavy atom. The Labute approximate surface area is 143 Å². The number of para-hydroxylation sites is 1. The molecule has 2 aromatic rings. The molecule has 0 heterocycles. The summed E-state index contributed by atoms with van der Waals surface area (Å²) in [4.78, 5) is 12.2. The van der Waals surface area contributed by atoms with Crippen molar-refractivity contribution in [1.29, 1.82) is 0 Å². The van der Waals surface area contributed by atoms with Crippen molar-refractivity contribution in [3.63, 3.8) is 0 Å². The van der Waals surface area contributed by atoms with E-state index in [1.54, 1.807) is 11.8 Å². The molecule has 0 fully saturated rings. The lowest BCUT2D eigenvalue weighted by atomic mass is 10.1. The van der Waals surface area contributed by atoms with E-state index >= 15 is 0 Å². The summed E-state index contributed by atoms with van der Waals surface area (Å²) in [6.07, 6.45) is 0.924. The molecule has 0 aliphatic rings. The third-order valence-electron chi connectivity index (χ3n) is 4.00. The van der Waals surface area contributed by atoms with Gasteiger partial charge in [0.05, 0.1) is 5.75 Å². The highest BCUT2D eigenvalue weighted by molar-refractivity contribution is 7.99. The first-order valence-electron chi connectivity index (χ1n) is 8.03. The number of rotatable bonds is 6. The van der Waals surface area contributed by atoms with Gasteiger partial charge in [0.15, 0.2) is 0 Å². The standard InChI is InChI=1S/C20H25NOS/c1-5-17-8-6-7-16(4)20(17)21-19(22)13-23-12-18-11-14(2)9-10-15(18)3/h6-11H,5,12-13H2,1-4H3,(H,21,22). The first-order valence-corrected chi connectivity index (χ1v) is 9.19. The summed E-state index contributed by atoms with van der Waals surface area (Å²) in [6.45, 7) is 8.37. The summed E-state index contributed by atoms with van der Waals surface area (Å²) < 4.78 is 0. The largest absolute Gasteiger partial charge is 0.325 e. The Morgan fingerprint density at radius 1 is 1.04 bits per heavy atom. The molecule has 3 heteroatoms. The number of carbonyl (C=O) groups is 1. The highest BCUT2D eigenvalue weighted by Gasteiger charge is 2.09. The van der Waals surface area contributed by atoms with Gasteiger partial charge in [-0.25, -0.2) is 0 Å². The molecule has 0 aliphatic heterocycles. The second kappa shape index (κ2) is 8.21. The fraction of sp³-hybridized carbons (Fsp3) is 0.350. The maximum absolute atomic E-state index is 12.2. The minimum absolute atomic E-state index is 0.0734. The predicted octanol–water partition coefficient (Wildman–Crippen LogP) is 5.05. The Kier molecular flexibility index (Phi) is 6.28. The van der Waals surface area contributed by atoms with Gasteiger partial charge in [-0.15, -0.1) is 11.8 Å². The van der Waals surface area contributed by atoms with Gasteiger partial charge in [-0.2, -0.15) is 0 Å². The molecule has 1 amide bonds. The molecule has 2 nitrogen and oxygen atoms in total. The van der Waals surface area contributed by atoms with Gasteiger partial charge in [-0.3, -0.25) is 4.79 Å². The third kappa shape index (κ3) is 4.87. The van der Waals surface area contributed by atoms with E-state index < -0.39 is 0 Å². The van der Waals surface area contributed by atoms with Crippen molar-refractivity contribution in [2.45, 2.75) is 39.9 Å². The molecule has 23 heavy (non-hydrogen) atoms. The van der Waals surface area contributed by atoms with Crippen molar-refractivity contribution < 1.29 is 4.79 Å². The fourth-order valence-electron chi connectivity index (χ4n) is 2.59. The van der Waals surface area contributed by atoms with E-state index in [4.69, 9.17) is 0 Å². The van der Waals surface area contributed by atoms with Crippen LogP contribution in [0.5, 0.6) is 0 Å². The summed E-state index contributed by atoms with van der Waals surface area (Å²) in [5, 5.41) is 3.08. The number of nitrogens with one attached hydrogen (secondary N) is 1. The number of aryl methyl sites for hydroxylation is 4. The monoisotopic (exact) mass is 327 g/mol. The number of anilines is 1. The van der Waals surface area contributed by atoms with E-state index in [1.165, 1.54) is 22.3 Å². The maximum Gasteiger partial charge on any atom is 0.234 e. The molecule has 0 atom stereocenters. The molecule has 0 aromatic heterocycles. The normalized spacial score (nSPS) is 10.6. The van der Waals surface area contributed by atoms with Crippen LogP contribution in [0.25, 0.3) is 0 Å². The van der Waals surface area contributed by atoms with Crippen LogP contribution in [0, 0.1) is 20.8 Å². The van der Waals surface area contributed by atoms with Crippen molar-refractivity contribution in [2.24, 2.45) is 0 Å². The second-order valence-corrected chi connectivity index (χ2v) is 6.92. The Balaban J connectivity index is 1.92. The van der Waals surface area contributed by atoms with E-state index in [1.807, 2.05) is 19.1 Å². The number of hydrogen-bond donors (Lipinski definition) is 1. The first kappa shape index (κ1) is 17.6. The minimum Gasteiger partial charge on any atom is -0.325 e. The highest BCUT2D eigenvalue weighted by atomic mass is 32.2. The molecule has 0 unspecified atom stereocenters. The molecule has 0 saturated heterocycles. The quantitative estimate of drug-likeness (QED) is 0.804. The molecule has 2 rings (SSSR count). The summed E-state index contributed by atoms with van der Waals surface area (Å²) in [5.41, 5.74) is 7.16. The lowest BCUT2D eigenvalue weighted by molar-refractivity contribution is -0.113. The predicted molar refractivity (Wildman–Crippen MR) is 101 cm³/mol. The zero-order valence-corrected chi connectivity index (χ0v) is 15.2. The summed E-state index contributed by atoms with van der Waals surface area (Å²) in [7, 11) is 0. The van der Waals surface area contributed by atoms with E-state index in [2.05, 4.69) is 50.4 Å². The van der Waals surface area contributed by atoms with Crippen LogP contribution in [0.3, 0.4) is 0 Å². The molecular formula is C20H25NOS. The third-order valence-corrected chi connectivity index (χ3v) is 4.98. The Morgan fingerprint density at radius 3 is 2.57 bits per heavy atom. The lowest BCUT2D eigenvalue weighted by Gasteiger charge is -2.13. The van der Waals surface area contributed by atoms with Crippen LogP contribution in [0.15, 0.2) is 36.4 Å². The number of thioether (sulfide) groups is 1. The van der Waals surface area contributed by atoms with Gasteiger partial charge in [0.2, 0.25) is 5.91 Å². The highest BCUT2D eigenvalue weighted by Crippen LogP contribution is 2.22. The minimum atomic E-state index is 0.0734. The molecule has 0 spiro atoms. The van der Waals surface area contributed by atoms with Crippen LogP contribution < -0.4 is 5.32 Å². The van der Waals surface area contributed by atoms with Gasteiger partial charge in [-0.05, 0) is 49.4 Å². The van der Waals surface area contributed by atoms with Gasteiger partial charge in [0.25, 0.3) is 0 Å². The van der Waals surface area contributed by atoms with Crippen LogP contribution in [-0.2, 0) is 17.0 Å². The van der Waals surface area contributed by atoms with Crippen molar-refractivity contribution in [3.05, 3.63) is 64.2 Å². The van der Waals surface area contributed by atoms with E-state index in [0.717, 1.165) is 23.4 Å². The molecule has 0 aliphatic carbocycles. The van der Waals surface area contributed by atoms with E-state index in [0.29, 0.717) is 5.75 Å². The zero-order chi connectivity index (χ0) is 16.8. The lowest BCUT2D eigenvalue weighted by Crippen LogP contribution is -2.16. The number of carbonyl (C=O) groups excluding carboxylic acids is 1. The van der Waals surface area contributed by atoms with Crippen molar-refractivity contribution in [2.75, 3.05) is 11.1 Å². The molecular weight excluding hydrogens is 302 g/mol. The van der Waals surface area contributed by atoms with Crippen LogP contribution in [0.1, 0.15) is 34.7 Å². The summed E-state index contributed by atoms with van der Waals surface area (Å²) in [6, 6.07) is 12.6. The number of amides is 1. The van der Waals surface area contributed by atoms with Crippen LogP contribution in [0.4, 0.5) is 5.69 Å². The fourth-order valence-corrected chi connectivity index (χ4v) is 3.48. The van der Waals surface area contributed by atoms with Gasteiger partial charge >= 0.3 is 0 Å². The Bertz CT molecular complexity index is 694. The van der Waals surface area contributed by atoms with Crippen LogP contribution >= 0.6 is 11.8 Å². The maximum atomic E-state index is 12.2. The molecule has 122 valence electrons. The summed E-state index contributed by atoms with van der Waals surface area (Å²) in [5.74, 6) is 1.42. The number of hydrogen-bond acceptors (Lipinski definition) is 2. The van der Waals surface area contributed by atoms with Crippen molar-refractivity contribution in [3.8, 4) is 0 Å².